The summed E-state index contributed by atoms with van der Waals surface area (Å²) in [4.78, 5) is 49.9. The van der Waals surface area contributed by atoms with Gasteiger partial charge in [-0.2, -0.15) is 4.98 Å². The Bertz CT molecular complexity index is 1260. The molecule has 2 fully saturated rings. The molecule has 2 aliphatic rings. The third kappa shape index (κ3) is 8.75. The van der Waals surface area contributed by atoms with E-state index in [1.165, 1.54) is 13.5 Å². The minimum Gasteiger partial charge on any atom is -0.478 e. The van der Waals surface area contributed by atoms with Gasteiger partial charge in [-0.1, -0.05) is 45.2 Å². The molecule has 1 aromatic carbocycles. The second-order valence-electron chi connectivity index (χ2n) is 11.9. The zero-order valence-electron chi connectivity index (χ0n) is 26.1. The number of piperidine rings is 1. The molecule has 2 N–H and O–H groups in total. The first-order valence-corrected chi connectivity index (χ1v) is 15.8. The number of carbonyl (C=O) groups excluding carboxylic acids is 3. The number of ketones is 1. The summed E-state index contributed by atoms with van der Waals surface area (Å²) in [5.41, 5.74) is 2.36. The summed E-state index contributed by atoms with van der Waals surface area (Å²) in [7, 11) is 1.50. The topological polar surface area (TPSA) is 123 Å². The highest BCUT2D eigenvalue weighted by atomic mass is 16.5. The molecule has 4 rings (SSSR count). The maximum atomic E-state index is 13.4. The number of carbonyl (C=O) groups is 3. The van der Waals surface area contributed by atoms with Crippen molar-refractivity contribution >= 4 is 17.6 Å². The lowest BCUT2D eigenvalue weighted by molar-refractivity contribution is -0.131. The van der Waals surface area contributed by atoms with Crippen molar-refractivity contribution in [2.24, 2.45) is 11.8 Å². The highest BCUT2D eigenvalue weighted by Crippen LogP contribution is 2.30. The number of methoxy groups -OCH3 is 1. The Balaban J connectivity index is 0.00000353. The predicted molar refractivity (Wildman–Crippen MR) is 168 cm³/mol. The maximum Gasteiger partial charge on any atom is 0.319 e. The Morgan fingerprint density at radius 1 is 1.12 bits per heavy atom. The molecule has 43 heavy (non-hydrogen) atoms. The summed E-state index contributed by atoms with van der Waals surface area (Å²) in [6.07, 6.45) is 8.84. The number of amides is 2. The smallest absolute Gasteiger partial charge is 0.319 e. The van der Waals surface area contributed by atoms with E-state index in [4.69, 9.17) is 9.47 Å². The van der Waals surface area contributed by atoms with E-state index in [9.17, 15) is 14.4 Å². The van der Waals surface area contributed by atoms with Gasteiger partial charge in [0.2, 0.25) is 11.8 Å². The summed E-state index contributed by atoms with van der Waals surface area (Å²) < 4.78 is 10.7. The molecule has 1 saturated heterocycles. The van der Waals surface area contributed by atoms with Crippen LogP contribution < -0.4 is 20.1 Å². The first kappa shape index (κ1) is 32.4. The van der Waals surface area contributed by atoms with E-state index in [1.807, 2.05) is 49.9 Å². The summed E-state index contributed by atoms with van der Waals surface area (Å²) in [5, 5.41) is 6.31. The van der Waals surface area contributed by atoms with Gasteiger partial charge in [0.25, 0.3) is 5.91 Å². The maximum absolute atomic E-state index is 13.4. The second-order valence-corrected chi connectivity index (χ2v) is 11.9. The normalized spacial score (nSPS) is 18.3. The van der Waals surface area contributed by atoms with Crippen LogP contribution in [-0.4, -0.2) is 71.9 Å². The fourth-order valence-corrected chi connectivity index (χ4v) is 6.16. The molecule has 2 heterocycles. The number of Topliss-reactive ketones (excluding diaryl/α,β-unsaturated/α-hetero) is 1. The van der Waals surface area contributed by atoms with Crippen LogP contribution in [0, 0.1) is 11.8 Å². The quantitative estimate of drug-likeness (QED) is 0.338. The van der Waals surface area contributed by atoms with Crippen LogP contribution >= 0.6 is 0 Å². The van der Waals surface area contributed by atoms with Gasteiger partial charge in [-0.25, -0.2) is 4.98 Å². The van der Waals surface area contributed by atoms with Crippen molar-refractivity contribution in [3.8, 4) is 11.9 Å². The van der Waals surface area contributed by atoms with Crippen molar-refractivity contribution in [3.05, 3.63) is 47.2 Å². The molecular weight excluding hydrogens is 546 g/mol. The molecule has 0 bridgehead atoms. The molecule has 2 aromatic rings. The molecule has 238 valence electrons. The van der Waals surface area contributed by atoms with Gasteiger partial charge in [-0.05, 0) is 56.2 Å². The Labute approximate surface area is 258 Å². The summed E-state index contributed by atoms with van der Waals surface area (Å²) in [5.74, 6) is 0.577. The second kappa shape index (κ2) is 15.8. The molecule has 1 aromatic heterocycles. The number of benzene rings is 1. The molecule has 10 nitrogen and oxygen atoms in total. The number of hydrogen-bond donors (Lipinski definition) is 2. The lowest BCUT2D eigenvalue weighted by Crippen LogP contribution is -2.48. The van der Waals surface area contributed by atoms with Gasteiger partial charge >= 0.3 is 6.01 Å². The Kier molecular flexibility index (Phi) is 11.9. The van der Waals surface area contributed by atoms with E-state index in [0.29, 0.717) is 37.7 Å². The SMILES string of the molecule is CCOc1nc(OC)ncc1CNCC(=O)N1CCC[C@@H](c2cccc(C(=O)N[C@@H](C(=O)C(C)C)C3CCCCC3)c2)C1.[HH].[HH]. The van der Waals surface area contributed by atoms with Crippen molar-refractivity contribution in [1.29, 1.82) is 0 Å². The Morgan fingerprint density at radius 3 is 2.63 bits per heavy atom. The van der Waals surface area contributed by atoms with Crippen LogP contribution in [0.2, 0.25) is 0 Å². The van der Waals surface area contributed by atoms with Crippen LogP contribution in [0.5, 0.6) is 11.9 Å². The highest BCUT2D eigenvalue weighted by molar-refractivity contribution is 5.98. The van der Waals surface area contributed by atoms with E-state index >= 15 is 0 Å². The number of rotatable bonds is 13. The number of ether oxygens (including phenoxy) is 2. The monoisotopic (exact) mass is 597 g/mol. The predicted octanol–water partition coefficient (Wildman–Crippen LogP) is 4.78. The first-order valence-electron chi connectivity index (χ1n) is 15.8. The van der Waals surface area contributed by atoms with Gasteiger partial charge in [0.15, 0.2) is 5.78 Å². The van der Waals surface area contributed by atoms with Crippen molar-refractivity contribution in [2.75, 3.05) is 33.4 Å². The molecule has 0 unspecified atom stereocenters. The van der Waals surface area contributed by atoms with E-state index in [2.05, 4.69) is 20.6 Å². The van der Waals surface area contributed by atoms with E-state index < -0.39 is 6.04 Å². The third-order valence-corrected chi connectivity index (χ3v) is 8.54. The van der Waals surface area contributed by atoms with Gasteiger partial charge in [-0.3, -0.25) is 14.4 Å². The van der Waals surface area contributed by atoms with E-state index in [-0.39, 0.29) is 50.8 Å². The van der Waals surface area contributed by atoms with Gasteiger partial charge in [0.1, 0.15) is 0 Å². The molecule has 0 spiro atoms. The van der Waals surface area contributed by atoms with E-state index in [1.54, 1.807) is 6.20 Å². The number of nitrogens with zero attached hydrogens (tertiary/aromatic N) is 3. The number of aromatic nitrogens is 2. The third-order valence-electron chi connectivity index (χ3n) is 8.54. The van der Waals surface area contributed by atoms with Gasteiger partial charge in [0, 0.05) is 51.6 Å². The lowest BCUT2D eigenvalue weighted by atomic mass is 9.80. The Morgan fingerprint density at radius 2 is 1.91 bits per heavy atom. The van der Waals surface area contributed by atoms with Crippen molar-refractivity contribution in [2.45, 2.75) is 84.2 Å². The zero-order chi connectivity index (χ0) is 30.8. The average Bonchev–Trinajstić information content (AvgIpc) is 3.04. The fourth-order valence-electron chi connectivity index (χ4n) is 6.16. The minimum absolute atomic E-state index is 0. The van der Waals surface area contributed by atoms with Crippen molar-refractivity contribution in [3.63, 3.8) is 0 Å². The van der Waals surface area contributed by atoms with Crippen LogP contribution in [0.1, 0.15) is 96.0 Å². The molecule has 0 radical (unpaired) electrons. The summed E-state index contributed by atoms with van der Waals surface area (Å²) >= 11 is 0. The largest absolute Gasteiger partial charge is 0.478 e. The molecular formula is C33H51N5O5. The lowest BCUT2D eigenvalue weighted by Gasteiger charge is -2.33. The average molecular weight is 598 g/mol. The number of nitrogens with one attached hydrogen (secondary N) is 2. The van der Waals surface area contributed by atoms with Crippen LogP contribution in [0.3, 0.4) is 0 Å². The van der Waals surface area contributed by atoms with Crippen LogP contribution in [0.25, 0.3) is 0 Å². The summed E-state index contributed by atoms with van der Waals surface area (Å²) in [6.45, 7) is 8.02. The zero-order valence-corrected chi connectivity index (χ0v) is 26.1. The van der Waals surface area contributed by atoms with Crippen molar-refractivity contribution < 1.29 is 26.7 Å². The molecule has 2 amide bonds. The molecule has 1 aliphatic carbocycles. The summed E-state index contributed by atoms with van der Waals surface area (Å²) in [6, 6.07) is 7.47. The van der Waals surface area contributed by atoms with E-state index in [0.717, 1.165) is 49.7 Å². The van der Waals surface area contributed by atoms with Gasteiger partial charge < -0.3 is 25.0 Å². The van der Waals surface area contributed by atoms with Gasteiger partial charge in [0.05, 0.1) is 26.3 Å². The van der Waals surface area contributed by atoms with Crippen molar-refractivity contribution in [1.82, 2.24) is 25.5 Å². The van der Waals surface area contributed by atoms with Crippen LogP contribution in [0.4, 0.5) is 0 Å². The molecule has 1 saturated carbocycles. The van der Waals surface area contributed by atoms with Crippen LogP contribution in [0.15, 0.2) is 30.5 Å². The highest BCUT2D eigenvalue weighted by Gasteiger charge is 2.32. The van der Waals surface area contributed by atoms with Gasteiger partial charge in [-0.15, -0.1) is 0 Å². The number of hydrogen-bond acceptors (Lipinski definition) is 8. The molecule has 1 aliphatic heterocycles. The molecule has 10 heteroatoms. The standard InChI is InChI=1S/C33H47N5O5.2H2/c1-5-43-32-27(19-35-33(37-32)42-4)18-34-20-28(39)38-16-10-15-26(21-38)24-13-9-14-25(17-24)31(41)36-29(30(40)22(2)3)23-11-7-6-8-12-23;;/h9,13-14,17,19,22-23,26,29,34H,5-8,10-12,15-16,18,20-21H2,1-4H3,(H,36,41);2*1H/t26-,29-;;/m1../s1. The molecule has 2 atom stereocenters. The number of likely N-dealkylation sites (tertiary alicyclic amines) is 1. The fraction of sp³-hybridized carbons (Fsp3) is 0.606. The minimum atomic E-state index is -0.444. The van der Waals surface area contributed by atoms with Crippen LogP contribution in [-0.2, 0) is 16.1 Å². The first-order chi connectivity index (χ1) is 20.8. The Hall–Kier alpha value is -3.53.